The van der Waals surface area contributed by atoms with E-state index in [9.17, 15) is 30.4 Å². The smallest absolute Gasteiger partial charge is 0.450 e. The number of sulfonamides is 2. The Kier molecular flexibility index (Phi) is 6.84. The zero-order valence-corrected chi connectivity index (χ0v) is 21.9. The third kappa shape index (κ3) is 4.33. The minimum Gasteiger partial charge on any atom is -0.497 e. The molecule has 0 radical (unpaired) electrons. The van der Waals surface area contributed by atoms with Crippen LogP contribution in [0.1, 0.15) is 17.2 Å². The molecule has 0 saturated carbocycles. The van der Waals surface area contributed by atoms with Crippen LogP contribution in [0.2, 0.25) is 0 Å². The number of amides is 2. The summed E-state index contributed by atoms with van der Waals surface area (Å²) in [6, 6.07) is 12.8. The van der Waals surface area contributed by atoms with E-state index >= 15 is 0 Å². The Labute approximate surface area is 217 Å². The van der Waals surface area contributed by atoms with Crippen molar-refractivity contribution in [3.8, 4) is 28.4 Å². The Morgan fingerprint density at radius 2 is 1.66 bits per heavy atom. The van der Waals surface area contributed by atoms with Gasteiger partial charge >= 0.3 is 32.7 Å². The first-order valence-corrected chi connectivity index (χ1v) is 14.5. The number of hydrogen-bond acceptors (Lipinski definition) is 8. The summed E-state index contributed by atoms with van der Waals surface area (Å²) in [7, 11) is -8.05. The van der Waals surface area contributed by atoms with Crippen molar-refractivity contribution in [3.63, 3.8) is 0 Å². The van der Waals surface area contributed by atoms with E-state index in [0.717, 1.165) is 12.1 Å². The van der Waals surface area contributed by atoms with Crippen LogP contribution < -0.4 is 23.2 Å². The maximum Gasteiger partial charge on any atom is 0.450 e. The third-order valence-electron chi connectivity index (χ3n) is 6.00. The van der Waals surface area contributed by atoms with Crippen LogP contribution in [0, 0.1) is 0 Å². The van der Waals surface area contributed by atoms with Crippen molar-refractivity contribution in [3.05, 3.63) is 71.8 Å². The van der Waals surface area contributed by atoms with Gasteiger partial charge < -0.3 is 19.9 Å². The number of methoxy groups -OCH3 is 1. The molecular formula is C24H23F2N2O8S2+. The van der Waals surface area contributed by atoms with Gasteiger partial charge in [0.05, 0.1) is 25.2 Å². The van der Waals surface area contributed by atoms with Crippen LogP contribution in [0.15, 0.2) is 60.7 Å². The molecule has 10 nitrogen and oxygen atoms in total. The van der Waals surface area contributed by atoms with Crippen molar-refractivity contribution in [2.75, 3.05) is 19.6 Å². The number of carbonyl (C=O) groups excluding carboxylic acids is 1. The molecule has 0 bridgehead atoms. The maximum absolute atomic E-state index is 13.2. The van der Waals surface area contributed by atoms with Crippen molar-refractivity contribution in [2.45, 2.75) is 12.7 Å². The summed E-state index contributed by atoms with van der Waals surface area (Å²) >= 11 is 0. The number of quaternary nitrogens is 1. The van der Waals surface area contributed by atoms with Gasteiger partial charge in [-0.2, -0.15) is 25.6 Å². The van der Waals surface area contributed by atoms with Gasteiger partial charge in [-0.15, -0.1) is 0 Å². The number of alkyl halides is 2. The quantitative estimate of drug-likeness (QED) is 0.425. The van der Waals surface area contributed by atoms with Crippen LogP contribution in [-0.4, -0.2) is 49.1 Å². The molecule has 3 aromatic rings. The second-order valence-electron chi connectivity index (χ2n) is 8.41. The minimum absolute atomic E-state index is 0.129. The Morgan fingerprint density at radius 3 is 2.24 bits per heavy atom. The molecule has 2 amide bonds. The standard InChI is InChI=1S/C24H22F2N2O8S2/c1-34-16-7-4-6-14(12-16)22-18-13-15(28(24(27)29,37(2,30)31)38(3,32)33)10-11-17(18)21-19(35-22)8-5-9-20(21)36-23(25)26/h4-13,22-23H,1-3H3,(H-,27,29)/p+1. The van der Waals surface area contributed by atoms with Gasteiger partial charge in [-0.25, -0.2) is 4.79 Å². The summed E-state index contributed by atoms with van der Waals surface area (Å²) in [6.07, 6.45) is 0.138. The van der Waals surface area contributed by atoms with Gasteiger partial charge in [-0.05, 0) is 39.2 Å². The Balaban J connectivity index is 2.09. The van der Waals surface area contributed by atoms with Gasteiger partial charge in [0.25, 0.3) is 0 Å². The summed E-state index contributed by atoms with van der Waals surface area (Å²) in [4.78, 5) is 12.6. The average Bonchev–Trinajstić information content (AvgIpc) is 2.81. The number of halogens is 2. The molecule has 202 valence electrons. The van der Waals surface area contributed by atoms with E-state index in [1.54, 1.807) is 24.3 Å². The number of ether oxygens (including phenoxy) is 3. The van der Waals surface area contributed by atoms with E-state index in [1.807, 2.05) is 0 Å². The number of benzene rings is 3. The van der Waals surface area contributed by atoms with Crippen LogP contribution >= 0.6 is 0 Å². The summed E-state index contributed by atoms with van der Waals surface area (Å²) in [6.45, 7) is -3.16. The lowest BCUT2D eigenvalue weighted by molar-refractivity contribution is -0.0496. The van der Waals surface area contributed by atoms with E-state index in [2.05, 4.69) is 4.74 Å². The van der Waals surface area contributed by atoms with Crippen LogP contribution in [0.3, 0.4) is 0 Å². The second-order valence-corrected chi connectivity index (χ2v) is 12.7. The number of rotatable bonds is 7. The summed E-state index contributed by atoms with van der Waals surface area (Å²) < 4.78 is 91.8. The number of nitrogens with two attached hydrogens (primary N) is 1. The van der Waals surface area contributed by atoms with Gasteiger partial charge in [0.2, 0.25) is 0 Å². The topological polar surface area (TPSA) is 139 Å². The maximum atomic E-state index is 13.2. The molecule has 4 rings (SSSR count). The lowest BCUT2D eigenvalue weighted by Gasteiger charge is -2.32. The number of hydrogen-bond donors (Lipinski definition) is 1. The molecule has 1 aliphatic rings. The number of urea groups is 1. The largest absolute Gasteiger partial charge is 0.497 e. The fraction of sp³-hybridized carbons (Fsp3) is 0.208. The monoisotopic (exact) mass is 569 g/mol. The highest BCUT2D eigenvalue weighted by Gasteiger charge is 2.57. The van der Waals surface area contributed by atoms with Gasteiger partial charge in [0.1, 0.15) is 23.4 Å². The Bertz CT molecular complexity index is 1610. The average molecular weight is 570 g/mol. The molecule has 3 aromatic carbocycles. The first-order chi connectivity index (χ1) is 17.7. The van der Waals surface area contributed by atoms with Crippen LogP contribution in [0.25, 0.3) is 11.1 Å². The molecule has 38 heavy (non-hydrogen) atoms. The molecule has 1 atom stereocenters. The molecule has 14 heteroatoms. The highest BCUT2D eigenvalue weighted by atomic mass is 32.3. The zero-order chi connectivity index (χ0) is 28.0. The van der Waals surface area contributed by atoms with Crippen molar-refractivity contribution in [1.82, 2.24) is 3.29 Å². The fourth-order valence-corrected chi connectivity index (χ4v) is 8.19. The Hall–Kier alpha value is -3.75. The molecule has 2 N–H and O–H groups in total. The van der Waals surface area contributed by atoms with Crippen molar-refractivity contribution in [2.24, 2.45) is 5.73 Å². The number of primary amides is 1. The number of carbonyl (C=O) groups is 1. The van der Waals surface area contributed by atoms with Crippen LogP contribution in [0.5, 0.6) is 17.2 Å². The molecule has 1 aliphatic heterocycles. The van der Waals surface area contributed by atoms with Crippen molar-refractivity contribution < 1.29 is 44.6 Å². The van der Waals surface area contributed by atoms with Gasteiger partial charge in [0, 0.05) is 23.3 Å². The Morgan fingerprint density at radius 1 is 1.00 bits per heavy atom. The predicted molar refractivity (Wildman–Crippen MR) is 135 cm³/mol. The molecule has 0 saturated heterocycles. The zero-order valence-electron chi connectivity index (χ0n) is 20.3. The van der Waals surface area contributed by atoms with E-state index in [1.165, 1.54) is 31.4 Å². The summed E-state index contributed by atoms with van der Waals surface area (Å²) in [5.41, 5.74) is 5.99. The third-order valence-corrected chi connectivity index (χ3v) is 10.3. The number of fused-ring (bicyclic) bond motifs is 3. The van der Waals surface area contributed by atoms with Crippen LogP contribution in [-0.2, 0) is 20.0 Å². The predicted octanol–water partition coefficient (Wildman–Crippen LogP) is 3.75. The molecule has 1 unspecified atom stereocenters. The van der Waals surface area contributed by atoms with E-state index in [-0.39, 0.29) is 28.2 Å². The molecule has 0 spiro atoms. The van der Waals surface area contributed by atoms with Gasteiger partial charge in [-0.3, -0.25) is 0 Å². The number of nitrogens with zero attached hydrogens (tertiary/aromatic N) is 1. The summed E-state index contributed by atoms with van der Waals surface area (Å²) in [5.74, 6) is 0.412. The molecular weight excluding hydrogens is 546 g/mol. The fourth-order valence-electron chi connectivity index (χ4n) is 4.57. The van der Waals surface area contributed by atoms with Gasteiger partial charge in [-0.1, -0.05) is 18.2 Å². The molecule has 0 aromatic heterocycles. The lowest BCUT2D eigenvalue weighted by Crippen LogP contribution is -2.63. The lowest BCUT2D eigenvalue weighted by atomic mass is 9.88. The minimum atomic E-state index is -4.75. The van der Waals surface area contributed by atoms with Crippen LogP contribution in [0.4, 0.5) is 19.3 Å². The van der Waals surface area contributed by atoms with Crippen molar-refractivity contribution in [1.29, 1.82) is 0 Å². The van der Waals surface area contributed by atoms with E-state index < -0.39 is 47.8 Å². The molecule has 0 aliphatic carbocycles. The first kappa shape index (κ1) is 27.3. The second kappa shape index (κ2) is 9.53. The summed E-state index contributed by atoms with van der Waals surface area (Å²) in [5, 5.41) is 0. The molecule has 1 heterocycles. The first-order valence-electron chi connectivity index (χ1n) is 10.8. The highest BCUT2D eigenvalue weighted by Crippen LogP contribution is 2.51. The SMILES string of the molecule is COc1cccc(C2Oc3cccc(OC(F)F)c3-c3ccc([N+](C(N)=O)(S(C)(=O)=O)S(C)(=O)=O)cc32)c1. The highest BCUT2D eigenvalue weighted by molar-refractivity contribution is 8.07. The van der Waals surface area contributed by atoms with Crippen molar-refractivity contribution >= 4 is 31.8 Å². The van der Waals surface area contributed by atoms with E-state index in [4.69, 9.17) is 15.2 Å². The van der Waals surface area contributed by atoms with Gasteiger partial charge in [0.15, 0.2) is 5.69 Å². The molecule has 0 fully saturated rings. The van der Waals surface area contributed by atoms with E-state index in [0.29, 0.717) is 23.8 Å². The normalized spacial score (nSPS) is 15.3.